The van der Waals surface area contributed by atoms with Gasteiger partial charge in [0.2, 0.25) is 10.0 Å². The first-order valence-electron chi connectivity index (χ1n) is 6.90. The van der Waals surface area contributed by atoms with E-state index in [1.807, 2.05) is 0 Å². The molecule has 106 valence electrons. The van der Waals surface area contributed by atoms with Crippen LogP contribution in [0.25, 0.3) is 0 Å². The van der Waals surface area contributed by atoms with Gasteiger partial charge in [-0.25, -0.2) is 8.42 Å². The molecule has 0 aromatic carbocycles. The standard InChI is InChI=1S/C12H25N3O2S/c1-11(9-13-2)18(16,17)15-7-5-14(6-8-15)10-12-3-4-12/h11-13H,3-10H2,1-2H3. The highest BCUT2D eigenvalue weighted by atomic mass is 32.2. The number of hydrogen-bond donors (Lipinski definition) is 1. The first-order chi connectivity index (χ1) is 8.54. The molecule has 2 rings (SSSR count). The third-order valence-corrected chi connectivity index (χ3v) is 6.17. The monoisotopic (exact) mass is 275 g/mol. The number of nitrogens with zero attached hydrogens (tertiary/aromatic N) is 2. The minimum atomic E-state index is -3.12. The van der Waals surface area contributed by atoms with Crippen molar-refractivity contribution < 1.29 is 8.42 Å². The van der Waals surface area contributed by atoms with Gasteiger partial charge in [0.15, 0.2) is 0 Å². The lowest BCUT2D eigenvalue weighted by atomic mass is 10.3. The molecule has 5 nitrogen and oxygen atoms in total. The van der Waals surface area contributed by atoms with Crippen molar-refractivity contribution in [2.75, 3.05) is 46.3 Å². The molecule has 0 radical (unpaired) electrons. The van der Waals surface area contributed by atoms with Crippen molar-refractivity contribution >= 4 is 10.0 Å². The van der Waals surface area contributed by atoms with E-state index in [0.29, 0.717) is 19.6 Å². The largest absolute Gasteiger partial charge is 0.318 e. The molecule has 0 aromatic rings. The maximum Gasteiger partial charge on any atom is 0.218 e. The molecule has 0 aromatic heterocycles. The first kappa shape index (κ1) is 14.2. The van der Waals surface area contributed by atoms with Gasteiger partial charge in [0, 0.05) is 39.3 Å². The van der Waals surface area contributed by atoms with Gasteiger partial charge >= 0.3 is 0 Å². The Morgan fingerprint density at radius 3 is 2.33 bits per heavy atom. The van der Waals surface area contributed by atoms with Gasteiger partial charge in [-0.15, -0.1) is 0 Å². The van der Waals surface area contributed by atoms with Gasteiger partial charge < -0.3 is 10.2 Å². The van der Waals surface area contributed by atoms with Gasteiger partial charge in [0.1, 0.15) is 0 Å². The molecule has 0 amide bonds. The summed E-state index contributed by atoms with van der Waals surface area (Å²) < 4.78 is 26.2. The van der Waals surface area contributed by atoms with Gasteiger partial charge in [-0.1, -0.05) is 0 Å². The van der Waals surface area contributed by atoms with Crippen LogP contribution in [0, 0.1) is 5.92 Å². The van der Waals surface area contributed by atoms with E-state index in [9.17, 15) is 8.42 Å². The molecule has 0 bridgehead atoms. The van der Waals surface area contributed by atoms with E-state index in [4.69, 9.17) is 0 Å². The first-order valence-corrected chi connectivity index (χ1v) is 8.40. The number of hydrogen-bond acceptors (Lipinski definition) is 4. The second-order valence-electron chi connectivity index (χ2n) is 5.56. The minimum absolute atomic E-state index is 0.336. The van der Waals surface area contributed by atoms with Crippen molar-refractivity contribution in [1.29, 1.82) is 0 Å². The molecule has 2 fully saturated rings. The quantitative estimate of drug-likeness (QED) is 0.738. The van der Waals surface area contributed by atoms with E-state index in [1.54, 1.807) is 18.3 Å². The number of nitrogens with one attached hydrogen (secondary N) is 1. The van der Waals surface area contributed by atoms with Crippen molar-refractivity contribution in [1.82, 2.24) is 14.5 Å². The smallest absolute Gasteiger partial charge is 0.218 e. The van der Waals surface area contributed by atoms with E-state index in [2.05, 4.69) is 10.2 Å². The van der Waals surface area contributed by atoms with Gasteiger partial charge in [-0.05, 0) is 32.7 Å². The Morgan fingerprint density at radius 1 is 1.22 bits per heavy atom. The number of piperazine rings is 1. The van der Waals surface area contributed by atoms with Crippen LogP contribution in [0.15, 0.2) is 0 Å². The van der Waals surface area contributed by atoms with Gasteiger partial charge in [0.25, 0.3) is 0 Å². The van der Waals surface area contributed by atoms with Crippen molar-refractivity contribution in [3.8, 4) is 0 Å². The predicted molar refractivity (Wildman–Crippen MR) is 73.0 cm³/mol. The summed E-state index contributed by atoms with van der Waals surface area (Å²) in [6, 6.07) is 0. The highest BCUT2D eigenvalue weighted by Crippen LogP contribution is 2.30. The predicted octanol–water partition coefficient (Wildman–Crippen LogP) is -0.0483. The normalized spacial score (nSPS) is 25.2. The Bertz CT molecular complexity index is 360. The fraction of sp³-hybridized carbons (Fsp3) is 1.00. The topological polar surface area (TPSA) is 52.7 Å². The maximum atomic E-state index is 12.3. The highest BCUT2D eigenvalue weighted by molar-refractivity contribution is 7.89. The fourth-order valence-electron chi connectivity index (χ4n) is 2.48. The second kappa shape index (κ2) is 5.86. The van der Waals surface area contributed by atoms with Crippen molar-refractivity contribution in [2.24, 2.45) is 5.92 Å². The summed E-state index contributed by atoms with van der Waals surface area (Å²) in [6.07, 6.45) is 2.72. The van der Waals surface area contributed by atoms with Crippen LogP contribution in [0.3, 0.4) is 0 Å². The summed E-state index contributed by atoms with van der Waals surface area (Å²) >= 11 is 0. The molecule has 1 unspecified atom stereocenters. The lowest BCUT2D eigenvalue weighted by Gasteiger charge is -2.35. The molecule has 1 atom stereocenters. The molecule has 2 aliphatic rings. The van der Waals surface area contributed by atoms with Crippen LogP contribution in [0.4, 0.5) is 0 Å². The molecule has 1 aliphatic heterocycles. The van der Waals surface area contributed by atoms with E-state index < -0.39 is 10.0 Å². The average molecular weight is 275 g/mol. The third kappa shape index (κ3) is 3.44. The average Bonchev–Trinajstić information content (AvgIpc) is 3.14. The Hall–Kier alpha value is -0.170. The van der Waals surface area contributed by atoms with Gasteiger partial charge in [-0.2, -0.15) is 4.31 Å². The molecule has 18 heavy (non-hydrogen) atoms. The summed E-state index contributed by atoms with van der Waals surface area (Å²) in [6.45, 7) is 6.56. The maximum absolute atomic E-state index is 12.3. The zero-order valence-corrected chi connectivity index (χ0v) is 12.2. The summed E-state index contributed by atoms with van der Waals surface area (Å²) in [7, 11) is -1.33. The molecule has 6 heteroatoms. The molecule has 1 N–H and O–H groups in total. The summed E-state index contributed by atoms with van der Waals surface area (Å²) in [5.74, 6) is 0.886. The molecule has 1 aliphatic carbocycles. The molecule has 1 heterocycles. The molecule has 0 spiro atoms. The lowest BCUT2D eigenvalue weighted by molar-refractivity contribution is 0.181. The summed E-state index contributed by atoms with van der Waals surface area (Å²) in [5, 5.41) is 2.60. The van der Waals surface area contributed by atoms with Crippen molar-refractivity contribution in [3.63, 3.8) is 0 Å². The Balaban J connectivity index is 1.83. The van der Waals surface area contributed by atoms with E-state index in [1.165, 1.54) is 19.4 Å². The number of sulfonamides is 1. The second-order valence-corrected chi connectivity index (χ2v) is 7.91. The molecule has 1 saturated carbocycles. The molecule has 1 saturated heterocycles. The van der Waals surface area contributed by atoms with E-state index >= 15 is 0 Å². The highest BCUT2D eigenvalue weighted by Gasteiger charge is 2.32. The minimum Gasteiger partial charge on any atom is -0.318 e. The van der Waals surface area contributed by atoms with Gasteiger partial charge in [0.05, 0.1) is 5.25 Å². The van der Waals surface area contributed by atoms with Crippen LogP contribution < -0.4 is 5.32 Å². The third-order valence-electron chi connectivity index (χ3n) is 3.90. The van der Waals surface area contributed by atoms with Crippen LogP contribution in [0.2, 0.25) is 0 Å². The summed E-state index contributed by atoms with van der Waals surface area (Å²) in [4.78, 5) is 2.41. The molecular weight excluding hydrogens is 250 g/mol. The van der Waals surface area contributed by atoms with Crippen LogP contribution in [0.1, 0.15) is 19.8 Å². The molecular formula is C12H25N3O2S. The van der Waals surface area contributed by atoms with E-state index in [0.717, 1.165) is 19.0 Å². The zero-order chi connectivity index (χ0) is 13.2. The zero-order valence-electron chi connectivity index (χ0n) is 11.4. The SMILES string of the molecule is CNCC(C)S(=O)(=O)N1CCN(CC2CC2)CC1. The lowest BCUT2D eigenvalue weighted by Crippen LogP contribution is -2.52. The van der Waals surface area contributed by atoms with Crippen molar-refractivity contribution in [2.45, 2.75) is 25.0 Å². The van der Waals surface area contributed by atoms with Crippen molar-refractivity contribution in [3.05, 3.63) is 0 Å². The van der Waals surface area contributed by atoms with Crippen LogP contribution in [-0.4, -0.2) is 69.2 Å². The summed E-state index contributed by atoms with van der Waals surface area (Å²) in [5.41, 5.74) is 0. The van der Waals surface area contributed by atoms with E-state index in [-0.39, 0.29) is 5.25 Å². The Morgan fingerprint density at radius 2 is 1.83 bits per heavy atom. The fourth-order valence-corrected chi connectivity index (χ4v) is 4.04. The Labute approximate surface area is 111 Å². The Kier molecular flexibility index (Phi) is 4.64. The van der Waals surface area contributed by atoms with Crippen LogP contribution >= 0.6 is 0 Å². The van der Waals surface area contributed by atoms with Crippen LogP contribution in [-0.2, 0) is 10.0 Å². The van der Waals surface area contributed by atoms with Gasteiger partial charge in [-0.3, -0.25) is 0 Å². The number of rotatable bonds is 6. The van der Waals surface area contributed by atoms with Crippen LogP contribution in [0.5, 0.6) is 0 Å².